The van der Waals surface area contributed by atoms with Crippen molar-refractivity contribution in [3.05, 3.63) is 388 Å². The van der Waals surface area contributed by atoms with Crippen LogP contribution in [-0.4, -0.2) is 9.13 Å². The molecule has 492 valence electrons. The number of hydrogen-bond acceptors (Lipinski definition) is 6. The lowest BCUT2D eigenvalue weighted by atomic mass is 10.0. The van der Waals surface area contributed by atoms with Gasteiger partial charge in [0.2, 0.25) is 0 Å². The Balaban J connectivity index is 0.680. The van der Waals surface area contributed by atoms with E-state index in [2.05, 4.69) is 393 Å². The standard InChI is InChI=1S/C96H66N6O2/c1-7-26-67(27-8-1)97(77-54-58-89-85(63-77)79-40-19-21-44-87(79)101(89)71-34-15-5-16-35-71)73-50-52-74(53-51-73)99(69-30-11-3-12-31-69)91-45-25-43-83-81-56-48-66(61-94(81)104-96(83)91)65-49-57-88-84(60-65)86-64-78(55-59-90(86)102(88)72-36-17-6-18-37-72)98(68-28-9-2-10-29-68)75-38-23-39-76(62-75)100(70-32-13-4-14-33-70)92-46-24-42-82-80-41-20-22-47-93(80)103-95(82)92/h1-50,52,54-64H,51,53H2. The van der Waals surface area contributed by atoms with Crippen LogP contribution in [0.15, 0.2) is 396 Å². The Morgan fingerprint density at radius 2 is 0.596 bits per heavy atom. The summed E-state index contributed by atoms with van der Waals surface area (Å²) in [4.78, 5) is 9.53. The van der Waals surface area contributed by atoms with E-state index in [1.165, 1.54) is 33.2 Å². The summed E-state index contributed by atoms with van der Waals surface area (Å²) in [5.41, 5.74) is 25.1. The number of anilines is 10. The second-order valence-corrected chi connectivity index (χ2v) is 26.7. The minimum atomic E-state index is 0.790. The predicted octanol–water partition coefficient (Wildman–Crippen LogP) is 26.8. The van der Waals surface area contributed by atoms with Crippen molar-refractivity contribution in [1.29, 1.82) is 0 Å². The molecule has 1 aliphatic carbocycles. The molecule has 0 radical (unpaired) electrons. The van der Waals surface area contributed by atoms with Gasteiger partial charge in [-0.2, -0.15) is 0 Å². The van der Waals surface area contributed by atoms with Gasteiger partial charge in [-0.15, -0.1) is 0 Å². The summed E-state index contributed by atoms with van der Waals surface area (Å²) in [6, 6.07) is 131. The lowest BCUT2D eigenvalue weighted by molar-refractivity contribution is 0.668. The number of hydrogen-bond donors (Lipinski definition) is 0. The summed E-state index contributed by atoms with van der Waals surface area (Å²) in [6.45, 7) is 0. The van der Waals surface area contributed by atoms with Crippen molar-refractivity contribution in [2.75, 3.05) is 19.6 Å². The zero-order chi connectivity index (χ0) is 68.6. The van der Waals surface area contributed by atoms with Crippen LogP contribution in [-0.2, 0) is 0 Å². The molecular formula is C96H66N6O2. The van der Waals surface area contributed by atoms with E-state index >= 15 is 0 Å². The third-order valence-corrected chi connectivity index (χ3v) is 20.7. The highest BCUT2D eigenvalue weighted by Gasteiger charge is 2.28. The molecule has 15 aromatic carbocycles. The van der Waals surface area contributed by atoms with Gasteiger partial charge in [0.1, 0.15) is 11.2 Å². The lowest BCUT2D eigenvalue weighted by Gasteiger charge is -2.33. The van der Waals surface area contributed by atoms with Crippen LogP contribution in [0.4, 0.5) is 56.9 Å². The van der Waals surface area contributed by atoms with Crippen LogP contribution in [0.1, 0.15) is 12.8 Å². The van der Waals surface area contributed by atoms with E-state index < -0.39 is 0 Å². The Bertz CT molecular complexity index is 6550. The number of furan rings is 2. The Morgan fingerprint density at radius 1 is 0.221 bits per heavy atom. The molecule has 20 rings (SSSR count). The Labute approximate surface area is 601 Å². The third kappa shape index (κ3) is 10.2. The van der Waals surface area contributed by atoms with Gasteiger partial charge in [0.15, 0.2) is 11.2 Å². The topological polar surface area (TPSA) is 49.1 Å². The molecule has 0 saturated heterocycles. The molecule has 4 heterocycles. The fourth-order valence-corrected chi connectivity index (χ4v) is 16.1. The van der Waals surface area contributed by atoms with Gasteiger partial charge in [-0.25, -0.2) is 0 Å². The smallest absolute Gasteiger partial charge is 0.159 e. The number of para-hydroxylation sites is 10. The van der Waals surface area contributed by atoms with Crippen LogP contribution in [0.5, 0.6) is 0 Å². The number of fused-ring (bicyclic) bond motifs is 12. The minimum Gasteiger partial charge on any atom is -0.454 e. The number of nitrogens with zero attached hydrogens (tertiary/aromatic N) is 6. The third-order valence-electron chi connectivity index (χ3n) is 20.7. The van der Waals surface area contributed by atoms with Crippen LogP contribution >= 0.6 is 0 Å². The maximum Gasteiger partial charge on any atom is 0.159 e. The molecule has 8 nitrogen and oxygen atoms in total. The van der Waals surface area contributed by atoms with Gasteiger partial charge in [-0.1, -0.05) is 188 Å². The molecule has 0 unspecified atom stereocenters. The molecule has 1 aliphatic rings. The molecule has 104 heavy (non-hydrogen) atoms. The van der Waals surface area contributed by atoms with E-state index in [4.69, 9.17) is 8.83 Å². The number of benzene rings is 15. The fraction of sp³-hybridized carbons (Fsp3) is 0.0208. The first-order valence-corrected chi connectivity index (χ1v) is 35.6. The molecule has 0 bridgehead atoms. The molecule has 4 aromatic heterocycles. The van der Waals surface area contributed by atoms with Crippen LogP contribution in [0, 0.1) is 0 Å². The van der Waals surface area contributed by atoms with Gasteiger partial charge in [0, 0.05) is 111 Å². The first kappa shape index (κ1) is 60.2. The van der Waals surface area contributed by atoms with E-state index in [-0.39, 0.29) is 0 Å². The monoisotopic (exact) mass is 1330 g/mol. The highest BCUT2D eigenvalue weighted by molar-refractivity contribution is 6.15. The minimum absolute atomic E-state index is 0.790. The Morgan fingerprint density at radius 3 is 1.19 bits per heavy atom. The van der Waals surface area contributed by atoms with E-state index in [1.807, 2.05) is 12.1 Å². The van der Waals surface area contributed by atoms with Crippen molar-refractivity contribution >= 4 is 144 Å². The van der Waals surface area contributed by atoms with Gasteiger partial charge in [0.05, 0.1) is 33.4 Å². The predicted molar refractivity (Wildman–Crippen MR) is 433 cm³/mol. The molecule has 8 heteroatoms. The number of rotatable bonds is 15. The molecular weight excluding hydrogens is 1270 g/mol. The van der Waals surface area contributed by atoms with E-state index in [0.717, 1.165) is 158 Å². The van der Waals surface area contributed by atoms with Gasteiger partial charge in [-0.3, -0.25) is 0 Å². The highest BCUT2D eigenvalue weighted by atomic mass is 16.3. The summed E-state index contributed by atoms with van der Waals surface area (Å²) < 4.78 is 18.8. The summed E-state index contributed by atoms with van der Waals surface area (Å²) in [7, 11) is 0. The second kappa shape index (κ2) is 25.1. The summed E-state index contributed by atoms with van der Waals surface area (Å²) in [5.74, 6) is 0. The molecule has 0 saturated carbocycles. The Kier molecular flexibility index (Phi) is 14.5. The van der Waals surface area contributed by atoms with Crippen molar-refractivity contribution in [1.82, 2.24) is 9.13 Å². The fourth-order valence-electron chi connectivity index (χ4n) is 16.1. The summed E-state index contributed by atoms with van der Waals surface area (Å²) in [5, 5.41) is 9.01. The van der Waals surface area contributed by atoms with Crippen LogP contribution < -0.4 is 19.6 Å². The summed E-state index contributed by atoms with van der Waals surface area (Å²) in [6.07, 6.45) is 6.24. The lowest BCUT2D eigenvalue weighted by Crippen LogP contribution is -2.22. The second-order valence-electron chi connectivity index (χ2n) is 26.7. The van der Waals surface area contributed by atoms with Crippen LogP contribution in [0.25, 0.3) is 110 Å². The highest BCUT2D eigenvalue weighted by Crippen LogP contribution is 2.49. The SMILES string of the molecule is C1=C(N(c2ccccc2)c2ccc3c(c2)c2ccccc2n3-c2ccccc2)CCC(N(c2ccccc2)c2cccc3c2oc2cc(-c4ccc5c(c4)c4cc(N(c6ccccc6)c6cccc(N(c7ccccc7)c7cccc8c7oc7ccccc78)c6)ccc4n5-c4ccccc4)ccc23)=C1. The van der Waals surface area contributed by atoms with Gasteiger partial charge in [0.25, 0.3) is 0 Å². The quantitative estimate of drug-likeness (QED) is 0.102. The van der Waals surface area contributed by atoms with Crippen molar-refractivity contribution in [2.24, 2.45) is 0 Å². The zero-order valence-electron chi connectivity index (χ0n) is 56.7. The van der Waals surface area contributed by atoms with Crippen molar-refractivity contribution in [3.8, 4) is 22.5 Å². The molecule has 19 aromatic rings. The van der Waals surface area contributed by atoms with Crippen LogP contribution in [0.3, 0.4) is 0 Å². The first-order valence-electron chi connectivity index (χ1n) is 35.6. The summed E-state index contributed by atoms with van der Waals surface area (Å²) >= 11 is 0. The molecule has 0 fully saturated rings. The van der Waals surface area contributed by atoms with E-state index in [9.17, 15) is 0 Å². The largest absolute Gasteiger partial charge is 0.454 e. The maximum absolute atomic E-state index is 7.25. The van der Waals surface area contributed by atoms with Crippen molar-refractivity contribution in [2.45, 2.75) is 12.8 Å². The van der Waals surface area contributed by atoms with E-state index in [0.29, 0.717) is 0 Å². The Hall–Kier alpha value is -13.8. The maximum atomic E-state index is 7.25. The van der Waals surface area contributed by atoms with E-state index in [1.54, 1.807) is 0 Å². The molecule has 0 spiro atoms. The number of allylic oxidation sites excluding steroid dienone is 4. The molecule has 0 amide bonds. The van der Waals surface area contributed by atoms with Gasteiger partial charge >= 0.3 is 0 Å². The molecule has 0 atom stereocenters. The molecule has 0 N–H and O–H groups in total. The van der Waals surface area contributed by atoms with Gasteiger partial charge in [-0.05, 0) is 212 Å². The normalized spacial score (nSPS) is 12.5. The van der Waals surface area contributed by atoms with Gasteiger partial charge < -0.3 is 37.6 Å². The van der Waals surface area contributed by atoms with Crippen LogP contribution in [0.2, 0.25) is 0 Å². The molecule has 0 aliphatic heterocycles. The van der Waals surface area contributed by atoms with Crippen molar-refractivity contribution < 1.29 is 8.83 Å². The zero-order valence-corrected chi connectivity index (χ0v) is 56.7. The first-order chi connectivity index (χ1) is 51.6. The number of aromatic nitrogens is 2. The average Bonchev–Trinajstić information content (AvgIpc) is 1.58. The van der Waals surface area contributed by atoms with Crippen molar-refractivity contribution in [3.63, 3.8) is 0 Å². The average molecular weight is 1340 g/mol.